The van der Waals surface area contributed by atoms with Gasteiger partial charge in [0.05, 0.1) is 6.10 Å². The van der Waals surface area contributed by atoms with Crippen LogP contribution in [0.1, 0.15) is 38.5 Å². The summed E-state index contributed by atoms with van der Waals surface area (Å²) in [5.41, 5.74) is 1.46. The van der Waals surface area contributed by atoms with Gasteiger partial charge in [-0.2, -0.15) is 0 Å². The number of hydrogen-bond donors (Lipinski definition) is 2. The van der Waals surface area contributed by atoms with Crippen molar-refractivity contribution in [1.29, 1.82) is 0 Å². The molecule has 1 amide bonds. The Morgan fingerprint density at radius 2 is 2.03 bits per heavy atom. The van der Waals surface area contributed by atoms with E-state index in [0.29, 0.717) is 18.3 Å². The van der Waals surface area contributed by atoms with Crippen LogP contribution >= 0.6 is 0 Å². The molecule has 5 atom stereocenters. The van der Waals surface area contributed by atoms with Crippen LogP contribution in [0.25, 0.3) is 0 Å². The van der Waals surface area contributed by atoms with E-state index in [1.165, 1.54) is 5.57 Å². The van der Waals surface area contributed by atoms with Crippen molar-refractivity contribution in [2.24, 2.45) is 17.8 Å². The number of unbranched alkanes of at least 4 members (excludes halogenated alkanes) is 1. The van der Waals surface area contributed by atoms with Crippen LogP contribution < -0.4 is 4.74 Å². The molecule has 2 aliphatic carbocycles. The molecule has 3 rings (SSSR count). The second-order valence-corrected chi connectivity index (χ2v) is 8.81. The zero-order valence-electron chi connectivity index (χ0n) is 18.1. The van der Waals surface area contributed by atoms with E-state index in [2.05, 4.69) is 6.08 Å². The highest BCUT2D eigenvalue weighted by molar-refractivity contribution is 5.75. The van der Waals surface area contributed by atoms with Gasteiger partial charge in [-0.3, -0.25) is 4.79 Å². The van der Waals surface area contributed by atoms with Gasteiger partial charge in [0.25, 0.3) is 0 Å². The summed E-state index contributed by atoms with van der Waals surface area (Å²) < 4.78 is 5.60. The lowest BCUT2D eigenvalue weighted by atomic mass is 9.88. The van der Waals surface area contributed by atoms with Crippen molar-refractivity contribution in [3.63, 3.8) is 0 Å². The fourth-order valence-corrected chi connectivity index (χ4v) is 4.65. The molecule has 1 fully saturated rings. The SMILES string of the molecule is CN(C)C(=O)CCCCC1=C[C@H]2C[C@@H](O)[C@H](/C=C/[C@@H](O)COc3ccccc3)[C@H]2C1. The number of rotatable bonds is 10. The summed E-state index contributed by atoms with van der Waals surface area (Å²) in [6.07, 6.45) is 10.5. The predicted octanol–water partition coefficient (Wildman–Crippen LogP) is 3.57. The third-order valence-electron chi connectivity index (χ3n) is 6.31. The number of fused-ring (bicyclic) bond motifs is 1. The van der Waals surface area contributed by atoms with Crippen molar-refractivity contribution in [2.45, 2.75) is 50.7 Å². The summed E-state index contributed by atoms with van der Waals surface area (Å²) in [6, 6.07) is 9.46. The van der Waals surface area contributed by atoms with Crippen LogP contribution in [0.15, 0.2) is 54.1 Å². The van der Waals surface area contributed by atoms with Gasteiger partial charge < -0.3 is 19.8 Å². The maximum atomic E-state index is 11.7. The van der Waals surface area contributed by atoms with Crippen LogP contribution in [0.3, 0.4) is 0 Å². The average Bonchev–Trinajstić information content (AvgIpc) is 3.25. The number of ether oxygens (including phenoxy) is 1. The van der Waals surface area contributed by atoms with Crippen LogP contribution in [-0.2, 0) is 4.79 Å². The standard InChI is InChI=1S/C25H35NO4/c1-26(2)25(29)11-7-6-8-18-14-19-16-24(28)22(23(19)15-18)13-12-20(27)17-30-21-9-4-3-5-10-21/h3-5,9-10,12-14,19-20,22-24,27-28H,6-8,11,15-17H2,1-2H3/b13-12+/t19-,20+,22+,23-,24+/m0/s1. The molecule has 0 heterocycles. The first-order chi connectivity index (χ1) is 14.4. The Morgan fingerprint density at radius 1 is 1.27 bits per heavy atom. The molecule has 0 saturated heterocycles. The average molecular weight is 414 g/mol. The Morgan fingerprint density at radius 3 is 2.77 bits per heavy atom. The molecule has 0 bridgehead atoms. The third kappa shape index (κ3) is 6.19. The molecule has 2 aliphatic rings. The Balaban J connectivity index is 1.43. The van der Waals surface area contributed by atoms with Gasteiger partial charge in [-0.25, -0.2) is 0 Å². The summed E-state index contributed by atoms with van der Waals surface area (Å²) in [4.78, 5) is 13.3. The van der Waals surface area contributed by atoms with Crippen molar-refractivity contribution >= 4 is 5.91 Å². The number of carbonyl (C=O) groups is 1. The van der Waals surface area contributed by atoms with Gasteiger partial charge in [-0.1, -0.05) is 42.0 Å². The number of hydrogen-bond acceptors (Lipinski definition) is 4. The topological polar surface area (TPSA) is 70.0 Å². The van der Waals surface area contributed by atoms with Crippen molar-refractivity contribution in [3.05, 3.63) is 54.1 Å². The van der Waals surface area contributed by atoms with Gasteiger partial charge in [-0.05, 0) is 56.1 Å². The Labute approximate surface area is 180 Å². The molecular formula is C25H35NO4. The van der Waals surface area contributed by atoms with Gasteiger partial charge >= 0.3 is 0 Å². The van der Waals surface area contributed by atoms with Crippen LogP contribution in [-0.4, -0.2) is 53.9 Å². The molecule has 5 heteroatoms. The van der Waals surface area contributed by atoms with Crippen LogP contribution in [0.2, 0.25) is 0 Å². The van der Waals surface area contributed by atoms with Gasteiger partial charge in [0.1, 0.15) is 18.5 Å². The van der Waals surface area contributed by atoms with Gasteiger partial charge in [0.2, 0.25) is 5.91 Å². The maximum Gasteiger partial charge on any atom is 0.222 e. The van der Waals surface area contributed by atoms with Crippen molar-refractivity contribution in [1.82, 2.24) is 4.90 Å². The lowest BCUT2D eigenvalue weighted by Gasteiger charge is -2.19. The number of allylic oxidation sites excluding steroid dienone is 2. The van der Waals surface area contributed by atoms with Crippen LogP contribution in [0, 0.1) is 17.8 Å². The van der Waals surface area contributed by atoms with Crippen LogP contribution in [0.5, 0.6) is 5.75 Å². The predicted molar refractivity (Wildman–Crippen MR) is 118 cm³/mol. The molecule has 0 spiro atoms. The van der Waals surface area contributed by atoms with E-state index < -0.39 is 6.10 Å². The minimum absolute atomic E-state index is 0.0745. The maximum absolute atomic E-state index is 11.7. The molecule has 164 valence electrons. The third-order valence-corrected chi connectivity index (χ3v) is 6.31. The first-order valence-corrected chi connectivity index (χ1v) is 11.1. The summed E-state index contributed by atoms with van der Waals surface area (Å²) in [6.45, 7) is 0.201. The van der Waals surface area contributed by atoms with Crippen LogP contribution in [0.4, 0.5) is 0 Å². The fourth-order valence-electron chi connectivity index (χ4n) is 4.65. The highest BCUT2D eigenvalue weighted by atomic mass is 16.5. The highest BCUT2D eigenvalue weighted by Gasteiger charge is 2.43. The summed E-state index contributed by atoms with van der Waals surface area (Å²) >= 11 is 0. The first-order valence-electron chi connectivity index (χ1n) is 11.1. The molecule has 0 aromatic heterocycles. The quantitative estimate of drug-likeness (QED) is 0.454. The van der Waals surface area contributed by atoms with E-state index in [0.717, 1.165) is 37.9 Å². The van der Waals surface area contributed by atoms with Gasteiger partial charge in [0, 0.05) is 26.4 Å². The van der Waals surface area contributed by atoms with E-state index in [4.69, 9.17) is 4.74 Å². The Bertz CT molecular complexity index is 743. The summed E-state index contributed by atoms with van der Waals surface area (Å²) in [5, 5.41) is 20.7. The monoisotopic (exact) mass is 413 g/mol. The molecule has 1 saturated carbocycles. The molecule has 0 aliphatic heterocycles. The molecule has 0 radical (unpaired) electrons. The van der Waals surface area contributed by atoms with Gasteiger partial charge in [-0.15, -0.1) is 0 Å². The fraction of sp³-hybridized carbons (Fsp3) is 0.560. The number of amides is 1. The lowest BCUT2D eigenvalue weighted by molar-refractivity contribution is -0.128. The number of aliphatic hydroxyl groups is 2. The molecule has 5 nitrogen and oxygen atoms in total. The van der Waals surface area contributed by atoms with E-state index in [-0.39, 0.29) is 24.5 Å². The molecule has 30 heavy (non-hydrogen) atoms. The minimum Gasteiger partial charge on any atom is -0.491 e. The number of nitrogens with zero attached hydrogens (tertiary/aromatic N) is 1. The smallest absolute Gasteiger partial charge is 0.222 e. The zero-order valence-corrected chi connectivity index (χ0v) is 18.1. The normalized spacial score (nSPS) is 26.5. The van der Waals surface area contributed by atoms with Gasteiger partial charge in [0.15, 0.2) is 0 Å². The molecule has 1 aromatic rings. The zero-order chi connectivity index (χ0) is 21.5. The van der Waals surface area contributed by atoms with E-state index in [1.54, 1.807) is 25.1 Å². The van der Waals surface area contributed by atoms with Crippen molar-refractivity contribution < 1.29 is 19.7 Å². The number of para-hydroxylation sites is 1. The molecule has 1 aromatic carbocycles. The Kier molecular flexibility index (Phi) is 8.11. The summed E-state index contributed by atoms with van der Waals surface area (Å²) in [5.74, 6) is 1.84. The number of carbonyl (C=O) groups excluding carboxylic acids is 1. The number of aliphatic hydroxyl groups excluding tert-OH is 2. The van der Waals surface area contributed by atoms with E-state index >= 15 is 0 Å². The molecule has 0 unspecified atom stereocenters. The summed E-state index contributed by atoms with van der Waals surface area (Å²) in [7, 11) is 3.60. The second-order valence-electron chi connectivity index (χ2n) is 8.81. The first kappa shape index (κ1) is 22.6. The Hall–Kier alpha value is -2.11. The molecule has 2 N–H and O–H groups in total. The van der Waals surface area contributed by atoms with E-state index in [1.807, 2.05) is 36.4 Å². The lowest BCUT2D eigenvalue weighted by Crippen LogP contribution is -2.21. The van der Waals surface area contributed by atoms with E-state index in [9.17, 15) is 15.0 Å². The number of benzene rings is 1. The largest absolute Gasteiger partial charge is 0.491 e. The van der Waals surface area contributed by atoms with Crippen molar-refractivity contribution in [2.75, 3.05) is 20.7 Å². The minimum atomic E-state index is -0.695. The molecular weight excluding hydrogens is 378 g/mol. The van der Waals surface area contributed by atoms with Crippen molar-refractivity contribution in [3.8, 4) is 5.75 Å². The second kappa shape index (κ2) is 10.8. The highest BCUT2D eigenvalue weighted by Crippen LogP contribution is 2.48.